The molecule has 0 radical (unpaired) electrons. The molecule has 0 aliphatic rings. The molecule has 2 N–H and O–H groups in total. The van der Waals surface area contributed by atoms with Crippen LogP contribution in [0.3, 0.4) is 0 Å². The fourth-order valence-corrected chi connectivity index (χ4v) is 2.45. The van der Waals surface area contributed by atoms with Crippen molar-refractivity contribution in [2.24, 2.45) is 0 Å². The molecule has 2 nitrogen and oxygen atoms in total. The van der Waals surface area contributed by atoms with Crippen LogP contribution < -0.4 is 5.73 Å². The molecule has 0 bridgehead atoms. The van der Waals surface area contributed by atoms with E-state index in [1.165, 1.54) is 0 Å². The van der Waals surface area contributed by atoms with Crippen molar-refractivity contribution < 1.29 is 22.0 Å². The van der Waals surface area contributed by atoms with Crippen LogP contribution in [0.4, 0.5) is 27.6 Å². The molecular weight excluding hydrogens is 335 g/mol. The number of rotatable bonds is 2. The highest BCUT2D eigenvalue weighted by molar-refractivity contribution is 7.99. The van der Waals surface area contributed by atoms with E-state index in [1.807, 2.05) is 0 Å². The summed E-state index contributed by atoms with van der Waals surface area (Å²) < 4.78 is 64.3. The third-order valence-electron chi connectivity index (χ3n) is 2.39. The molecule has 2 rings (SSSR count). The lowest BCUT2D eigenvalue weighted by Crippen LogP contribution is -2.05. The van der Waals surface area contributed by atoms with Crippen molar-refractivity contribution in [1.82, 2.24) is 4.98 Å². The second-order valence-electron chi connectivity index (χ2n) is 3.91. The first-order chi connectivity index (χ1) is 9.68. The largest absolute Gasteiger partial charge is 0.417 e. The van der Waals surface area contributed by atoms with E-state index in [9.17, 15) is 22.0 Å². The van der Waals surface area contributed by atoms with E-state index in [0.717, 1.165) is 12.1 Å². The number of alkyl halides is 3. The maximum Gasteiger partial charge on any atom is 0.417 e. The number of nitrogens with zero attached hydrogens (tertiary/aromatic N) is 1. The van der Waals surface area contributed by atoms with E-state index in [0.29, 0.717) is 24.0 Å². The van der Waals surface area contributed by atoms with Gasteiger partial charge in [0.05, 0.1) is 21.2 Å². The molecule has 0 saturated heterocycles. The number of hydrogen-bond donors (Lipinski definition) is 1. The highest BCUT2D eigenvalue weighted by atomic mass is 35.5. The molecule has 0 amide bonds. The lowest BCUT2D eigenvalue weighted by molar-refractivity contribution is -0.137. The van der Waals surface area contributed by atoms with Crippen LogP contribution in [0.2, 0.25) is 5.02 Å². The van der Waals surface area contributed by atoms with Crippen molar-refractivity contribution in [3.63, 3.8) is 0 Å². The summed E-state index contributed by atoms with van der Waals surface area (Å²) in [5, 5.41) is -0.390. The average molecular weight is 341 g/mol. The van der Waals surface area contributed by atoms with Gasteiger partial charge in [0.25, 0.3) is 0 Å². The minimum absolute atomic E-state index is 0.0762. The summed E-state index contributed by atoms with van der Waals surface area (Å²) in [4.78, 5) is 3.34. The number of aromatic nitrogens is 1. The third-order valence-corrected chi connectivity index (χ3v) is 3.84. The molecule has 9 heteroatoms. The molecule has 0 spiro atoms. The monoisotopic (exact) mass is 340 g/mol. The molecule has 0 aliphatic carbocycles. The quantitative estimate of drug-likeness (QED) is 0.632. The predicted molar refractivity (Wildman–Crippen MR) is 69.1 cm³/mol. The lowest BCUT2D eigenvalue weighted by atomic mass is 10.3. The van der Waals surface area contributed by atoms with Crippen LogP contribution in [-0.2, 0) is 6.18 Å². The van der Waals surface area contributed by atoms with Crippen LogP contribution in [0.15, 0.2) is 34.3 Å². The summed E-state index contributed by atoms with van der Waals surface area (Å²) in [7, 11) is 0. The highest BCUT2D eigenvalue weighted by Crippen LogP contribution is 2.37. The zero-order chi connectivity index (χ0) is 15.8. The minimum Gasteiger partial charge on any atom is -0.396 e. The molecule has 0 aliphatic heterocycles. The van der Waals surface area contributed by atoms with E-state index in [2.05, 4.69) is 4.98 Å². The summed E-state index contributed by atoms with van der Waals surface area (Å²) in [6, 6.07) is 2.27. The molecule has 1 aromatic heterocycles. The molecule has 1 heterocycles. The van der Waals surface area contributed by atoms with Crippen molar-refractivity contribution in [3.05, 3.63) is 46.6 Å². The number of pyridine rings is 1. The Kier molecular flexibility index (Phi) is 4.29. The normalized spacial score (nSPS) is 11.7. The maximum absolute atomic E-state index is 13.6. The number of halogens is 6. The van der Waals surface area contributed by atoms with Crippen LogP contribution >= 0.6 is 23.4 Å². The first-order valence-corrected chi connectivity index (χ1v) is 6.53. The highest BCUT2D eigenvalue weighted by Gasteiger charge is 2.31. The Morgan fingerprint density at radius 2 is 1.76 bits per heavy atom. The molecule has 112 valence electrons. The molecule has 0 fully saturated rings. The molecule has 0 saturated carbocycles. The van der Waals surface area contributed by atoms with Crippen molar-refractivity contribution in [1.29, 1.82) is 0 Å². The van der Waals surface area contributed by atoms with Crippen molar-refractivity contribution in [2.45, 2.75) is 16.1 Å². The molecule has 21 heavy (non-hydrogen) atoms. The van der Waals surface area contributed by atoms with E-state index < -0.39 is 23.4 Å². The summed E-state index contributed by atoms with van der Waals surface area (Å²) in [5.41, 5.74) is 3.79. The topological polar surface area (TPSA) is 38.9 Å². The number of hydrogen-bond acceptors (Lipinski definition) is 3. The van der Waals surface area contributed by atoms with Crippen molar-refractivity contribution in [3.8, 4) is 0 Å². The number of nitrogen functional groups attached to an aromatic ring is 1. The number of benzene rings is 1. The fraction of sp³-hybridized carbons (Fsp3) is 0.0833. The van der Waals surface area contributed by atoms with Crippen LogP contribution in [0.5, 0.6) is 0 Å². The van der Waals surface area contributed by atoms with E-state index in [1.54, 1.807) is 0 Å². The van der Waals surface area contributed by atoms with Crippen LogP contribution in [0.1, 0.15) is 5.56 Å². The average Bonchev–Trinajstić information content (AvgIpc) is 2.36. The van der Waals surface area contributed by atoms with Gasteiger partial charge >= 0.3 is 6.18 Å². The molecule has 1 aromatic carbocycles. The molecule has 0 atom stereocenters. The second kappa shape index (κ2) is 5.69. The Bertz CT molecular complexity index is 690. The predicted octanol–water partition coefficient (Wildman–Crippen LogP) is 4.77. The first-order valence-electron chi connectivity index (χ1n) is 5.33. The smallest absolute Gasteiger partial charge is 0.396 e. The Morgan fingerprint density at radius 3 is 2.33 bits per heavy atom. The first kappa shape index (κ1) is 15.8. The van der Waals surface area contributed by atoms with Gasteiger partial charge in [-0.2, -0.15) is 13.2 Å². The minimum atomic E-state index is -4.58. The summed E-state index contributed by atoms with van der Waals surface area (Å²) in [6.45, 7) is 0. The maximum atomic E-state index is 13.6. The van der Waals surface area contributed by atoms with Crippen LogP contribution in [0.25, 0.3) is 0 Å². The number of nitrogens with two attached hydrogens (primary N) is 1. The van der Waals surface area contributed by atoms with E-state index in [4.69, 9.17) is 17.3 Å². The summed E-state index contributed by atoms with van der Waals surface area (Å²) in [6.07, 6.45) is -4.02. The van der Waals surface area contributed by atoms with Gasteiger partial charge in [0.2, 0.25) is 0 Å². The van der Waals surface area contributed by atoms with Crippen molar-refractivity contribution >= 4 is 29.1 Å². The molecular formula is C12H6ClF5N2S. The zero-order valence-electron chi connectivity index (χ0n) is 10.0. The van der Waals surface area contributed by atoms with E-state index >= 15 is 0 Å². The Hall–Kier alpha value is -1.54. The van der Waals surface area contributed by atoms with Gasteiger partial charge in [0.15, 0.2) is 0 Å². The Labute approximate surface area is 125 Å². The third kappa shape index (κ3) is 3.56. The van der Waals surface area contributed by atoms with Crippen LogP contribution in [-0.4, -0.2) is 4.98 Å². The van der Waals surface area contributed by atoms with Gasteiger partial charge in [0.1, 0.15) is 16.7 Å². The van der Waals surface area contributed by atoms with Gasteiger partial charge in [-0.25, -0.2) is 13.8 Å². The standard InChI is InChI=1S/C12H6ClF5N2S/c13-6-1-5(12(16,17)18)4-20-11(6)21-10-3-7(14)9(19)2-8(10)15/h1-4H,19H2. The zero-order valence-corrected chi connectivity index (χ0v) is 11.6. The summed E-state index contributed by atoms with van der Waals surface area (Å²) >= 11 is 6.29. The van der Waals surface area contributed by atoms with Gasteiger partial charge in [-0.1, -0.05) is 23.4 Å². The second-order valence-corrected chi connectivity index (χ2v) is 5.35. The summed E-state index contributed by atoms with van der Waals surface area (Å²) in [5.74, 6) is -1.67. The lowest BCUT2D eigenvalue weighted by Gasteiger charge is -2.09. The van der Waals surface area contributed by atoms with Gasteiger partial charge in [-0.3, -0.25) is 0 Å². The number of anilines is 1. The van der Waals surface area contributed by atoms with Gasteiger partial charge < -0.3 is 5.73 Å². The Morgan fingerprint density at radius 1 is 1.10 bits per heavy atom. The molecule has 0 unspecified atom stereocenters. The van der Waals surface area contributed by atoms with E-state index in [-0.39, 0.29) is 20.6 Å². The van der Waals surface area contributed by atoms with Crippen LogP contribution in [0, 0.1) is 11.6 Å². The van der Waals surface area contributed by atoms with Gasteiger partial charge in [-0.05, 0) is 12.1 Å². The fourth-order valence-electron chi connectivity index (χ4n) is 1.38. The Balaban J connectivity index is 2.35. The van der Waals surface area contributed by atoms with Gasteiger partial charge in [0, 0.05) is 12.3 Å². The van der Waals surface area contributed by atoms with Gasteiger partial charge in [-0.15, -0.1) is 0 Å². The van der Waals surface area contributed by atoms with Crippen molar-refractivity contribution in [2.75, 3.05) is 5.73 Å². The SMILES string of the molecule is Nc1cc(F)c(Sc2ncc(C(F)(F)F)cc2Cl)cc1F. The molecule has 2 aromatic rings.